The van der Waals surface area contributed by atoms with Crippen molar-refractivity contribution in [2.75, 3.05) is 5.32 Å². The van der Waals surface area contributed by atoms with Crippen LogP contribution < -0.4 is 10.6 Å². The van der Waals surface area contributed by atoms with Crippen LogP contribution in [0.5, 0.6) is 0 Å². The van der Waals surface area contributed by atoms with Crippen LogP contribution in [0.25, 0.3) is 0 Å². The topological polar surface area (TPSA) is 105 Å². The Morgan fingerprint density at radius 3 is 2.89 bits per heavy atom. The Morgan fingerprint density at radius 1 is 1.37 bits per heavy atom. The number of anilines is 2. The first-order valence-electron chi connectivity index (χ1n) is 8.45. The van der Waals surface area contributed by atoms with E-state index in [-0.39, 0.29) is 5.92 Å². The summed E-state index contributed by atoms with van der Waals surface area (Å²) in [4.78, 5) is 11.6. The number of alkyl halides is 3. The van der Waals surface area contributed by atoms with Crippen LogP contribution >= 0.6 is 0 Å². The molecular weight excluding hydrogens is 365 g/mol. The molecule has 1 aliphatic carbocycles. The number of nitrogens with one attached hydrogen (secondary N) is 3. The molecule has 0 saturated heterocycles. The maximum absolute atomic E-state index is 12.5. The van der Waals surface area contributed by atoms with E-state index in [1.54, 1.807) is 23.6 Å². The maximum atomic E-state index is 12.5. The number of carbonyl (C=O) groups excluding carboxylic acids is 1. The molecule has 1 amide bonds. The van der Waals surface area contributed by atoms with Gasteiger partial charge in [0.25, 0.3) is 0 Å². The minimum absolute atomic E-state index is 0.0766. The molecule has 2 heterocycles. The van der Waals surface area contributed by atoms with Gasteiger partial charge in [-0.1, -0.05) is 0 Å². The van der Waals surface area contributed by atoms with Gasteiger partial charge < -0.3 is 15.4 Å². The fourth-order valence-electron chi connectivity index (χ4n) is 2.88. The number of hydrogen-bond acceptors (Lipinski definition) is 6. The Labute approximate surface area is 152 Å². The number of ether oxygens (including phenoxy) is 1. The Kier molecular flexibility index (Phi) is 5.47. The number of carbonyl (C=O) groups is 1. The molecular formula is C16H19F3N6O2. The third kappa shape index (κ3) is 5.08. The molecule has 1 fully saturated rings. The van der Waals surface area contributed by atoms with Crippen LogP contribution in [0.3, 0.4) is 0 Å². The van der Waals surface area contributed by atoms with Gasteiger partial charge in [0.2, 0.25) is 0 Å². The van der Waals surface area contributed by atoms with Gasteiger partial charge >= 0.3 is 12.3 Å². The van der Waals surface area contributed by atoms with Crippen LogP contribution in [0.15, 0.2) is 24.4 Å². The monoisotopic (exact) mass is 384 g/mol. The molecule has 1 saturated carbocycles. The lowest BCUT2D eigenvalue weighted by Crippen LogP contribution is -2.44. The lowest BCUT2D eigenvalue weighted by molar-refractivity contribution is -0.150. The van der Waals surface area contributed by atoms with E-state index >= 15 is 0 Å². The number of nitrogens with zero attached hydrogens (tertiary/aromatic N) is 3. The van der Waals surface area contributed by atoms with Crippen molar-refractivity contribution >= 4 is 17.7 Å². The molecule has 0 aromatic carbocycles. The van der Waals surface area contributed by atoms with E-state index in [0.29, 0.717) is 24.5 Å². The largest absolute Gasteiger partial charge is 0.446 e. The smallest absolute Gasteiger partial charge is 0.408 e. The molecule has 11 heteroatoms. The number of H-pyrrole nitrogens is 1. The number of halogens is 3. The van der Waals surface area contributed by atoms with Gasteiger partial charge in [-0.05, 0) is 38.3 Å². The molecule has 3 atom stereocenters. The second-order valence-corrected chi connectivity index (χ2v) is 6.39. The van der Waals surface area contributed by atoms with Crippen molar-refractivity contribution in [1.29, 1.82) is 0 Å². The second kappa shape index (κ2) is 7.80. The first-order chi connectivity index (χ1) is 12.8. The molecule has 0 radical (unpaired) electrons. The van der Waals surface area contributed by atoms with E-state index in [4.69, 9.17) is 4.74 Å². The normalized spacial score (nSPS) is 20.9. The fourth-order valence-corrected chi connectivity index (χ4v) is 2.88. The van der Waals surface area contributed by atoms with Gasteiger partial charge in [-0.2, -0.15) is 23.4 Å². The molecule has 3 N–H and O–H groups in total. The average molecular weight is 384 g/mol. The van der Waals surface area contributed by atoms with Crippen molar-refractivity contribution in [1.82, 2.24) is 25.7 Å². The predicted molar refractivity (Wildman–Crippen MR) is 89.4 cm³/mol. The van der Waals surface area contributed by atoms with Gasteiger partial charge in [0, 0.05) is 23.9 Å². The van der Waals surface area contributed by atoms with Gasteiger partial charge in [0.15, 0.2) is 11.6 Å². The van der Waals surface area contributed by atoms with Crippen molar-refractivity contribution in [3.63, 3.8) is 0 Å². The van der Waals surface area contributed by atoms with Gasteiger partial charge in [-0.25, -0.2) is 4.79 Å². The molecule has 8 nitrogen and oxygen atoms in total. The highest BCUT2D eigenvalue weighted by Gasteiger charge is 2.38. The number of rotatable bonds is 5. The summed E-state index contributed by atoms with van der Waals surface area (Å²) in [7, 11) is 0. The molecule has 1 aliphatic rings. The molecule has 1 unspecified atom stereocenters. The minimum Gasteiger partial charge on any atom is -0.446 e. The molecule has 0 spiro atoms. The van der Waals surface area contributed by atoms with E-state index in [1.807, 2.05) is 6.07 Å². The summed E-state index contributed by atoms with van der Waals surface area (Å²) in [5.41, 5.74) is 0.858. The zero-order valence-corrected chi connectivity index (χ0v) is 14.5. The number of hydrogen-bond donors (Lipinski definition) is 3. The molecule has 146 valence electrons. The highest BCUT2D eigenvalue weighted by molar-refractivity contribution is 5.67. The van der Waals surface area contributed by atoms with Crippen molar-refractivity contribution in [2.45, 2.75) is 50.4 Å². The summed E-state index contributed by atoms with van der Waals surface area (Å²) in [6.45, 7) is 0.870. The lowest BCUT2D eigenvalue weighted by atomic mass is 10.0. The van der Waals surface area contributed by atoms with E-state index in [2.05, 4.69) is 25.7 Å². The van der Waals surface area contributed by atoms with Gasteiger partial charge in [-0.15, -0.1) is 5.10 Å². The molecule has 3 rings (SSSR count). The molecule has 2 aromatic heterocycles. The standard InChI is InChI=1S/C16H19F3N6O2/c1-9(16(17,18)19)21-15(26)27-11-5-4-10(7-11)12-8-14(25-23-12)22-13-3-2-6-20-24-13/h2-3,6,8-11H,4-5,7H2,1H3,(H,21,26)(H2,22,23,24,25)/t9?,10-,11+/m0/s1. The predicted octanol–water partition coefficient (Wildman–Crippen LogP) is 3.26. The average Bonchev–Trinajstić information content (AvgIpc) is 3.24. The summed E-state index contributed by atoms with van der Waals surface area (Å²) >= 11 is 0. The Balaban J connectivity index is 1.50. The van der Waals surface area contributed by atoms with Crippen molar-refractivity contribution in [2.24, 2.45) is 0 Å². The Bertz CT molecular complexity index is 767. The summed E-state index contributed by atoms with van der Waals surface area (Å²) in [6.07, 6.45) is -2.61. The first kappa shape index (κ1) is 18.9. The van der Waals surface area contributed by atoms with Gasteiger partial charge in [0.05, 0.1) is 0 Å². The Morgan fingerprint density at radius 2 is 2.19 bits per heavy atom. The summed E-state index contributed by atoms with van der Waals surface area (Å²) < 4.78 is 42.5. The highest BCUT2D eigenvalue weighted by atomic mass is 19.4. The third-order valence-electron chi connectivity index (χ3n) is 4.35. The number of aromatic amines is 1. The van der Waals surface area contributed by atoms with Crippen LogP contribution in [0, 0.1) is 0 Å². The van der Waals surface area contributed by atoms with E-state index in [1.165, 1.54) is 0 Å². The van der Waals surface area contributed by atoms with E-state index < -0.39 is 24.4 Å². The highest BCUT2D eigenvalue weighted by Crippen LogP contribution is 2.36. The number of aromatic nitrogens is 4. The van der Waals surface area contributed by atoms with Gasteiger partial charge in [0.1, 0.15) is 12.1 Å². The molecule has 27 heavy (non-hydrogen) atoms. The van der Waals surface area contributed by atoms with Crippen molar-refractivity contribution < 1.29 is 22.7 Å². The second-order valence-electron chi connectivity index (χ2n) is 6.39. The van der Waals surface area contributed by atoms with Crippen LogP contribution in [0.2, 0.25) is 0 Å². The van der Waals surface area contributed by atoms with E-state index in [0.717, 1.165) is 19.0 Å². The first-order valence-corrected chi connectivity index (χ1v) is 8.45. The quantitative estimate of drug-likeness (QED) is 0.731. The minimum atomic E-state index is -4.50. The van der Waals surface area contributed by atoms with Crippen molar-refractivity contribution in [3.05, 3.63) is 30.1 Å². The summed E-state index contributed by atoms with van der Waals surface area (Å²) in [5, 5.41) is 19.6. The lowest BCUT2D eigenvalue weighted by Gasteiger charge is -2.19. The van der Waals surface area contributed by atoms with E-state index in [9.17, 15) is 18.0 Å². The van der Waals surface area contributed by atoms with Crippen molar-refractivity contribution in [3.8, 4) is 0 Å². The zero-order chi connectivity index (χ0) is 19.4. The SMILES string of the molecule is CC(NC(=O)O[C@@H]1CC[C@H](c2cc(Nc3cccnn3)n[nH]2)C1)C(F)(F)F. The molecule has 0 bridgehead atoms. The molecule has 0 aliphatic heterocycles. The summed E-state index contributed by atoms with van der Waals surface area (Å²) in [5.74, 6) is 1.21. The maximum Gasteiger partial charge on any atom is 0.408 e. The van der Waals surface area contributed by atoms with Crippen LogP contribution in [-0.4, -0.2) is 44.8 Å². The summed E-state index contributed by atoms with van der Waals surface area (Å²) in [6, 6.07) is 3.37. The third-order valence-corrected chi connectivity index (χ3v) is 4.35. The number of alkyl carbamates (subject to hydrolysis) is 1. The number of amides is 1. The zero-order valence-electron chi connectivity index (χ0n) is 14.5. The molecule has 2 aromatic rings. The van der Waals surface area contributed by atoms with Crippen LogP contribution in [0.1, 0.15) is 37.8 Å². The van der Waals surface area contributed by atoms with Crippen LogP contribution in [-0.2, 0) is 4.74 Å². The fraction of sp³-hybridized carbons (Fsp3) is 0.500. The Hall–Kier alpha value is -2.85. The van der Waals surface area contributed by atoms with Gasteiger partial charge in [-0.3, -0.25) is 5.10 Å². The van der Waals surface area contributed by atoms with Crippen LogP contribution in [0.4, 0.5) is 29.6 Å².